The summed E-state index contributed by atoms with van der Waals surface area (Å²) in [6.07, 6.45) is 8.22. The van der Waals surface area contributed by atoms with Crippen LogP contribution in [-0.4, -0.2) is 126 Å². The van der Waals surface area contributed by atoms with Crippen molar-refractivity contribution in [3.8, 4) is 23.0 Å². The summed E-state index contributed by atoms with van der Waals surface area (Å²) in [5.74, 6) is 12.7. The summed E-state index contributed by atoms with van der Waals surface area (Å²) in [4.78, 5) is 130. The first-order valence-corrected chi connectivity index (χ1v) is 44.2. The molecule has 60 heteroatoms. The van der Waals surface area contributed by atoms with Crippen LogP contribution in [0.25, 0.3) is 65.4 Å². The molecule has 786 valence electrons. The third-order valence-corrected chi connectivity index (χ3v) is 18.2. The third kappa shape index (κ3) is 39.5. The minimum Gasteiger partial charge on any atom is -0.481 e. The maximum atomic E-state index is 13.8. The quantitative estimate of drug-likeness (QED) is 0.00765. The number of aliphatic hydroxyl groups is 4. The van der Waals surface area contributed by atoms with Gasteiger partial charge >= 0.3 is 5.97 Å². The first kappa shape index (κ1) is 123. The highest BCUT2D eigenvalue weighted by Gasteiger charge is 2.19. The highest BCUT2D eigenvalue weighted by atomic mass is 36.0. The topological polar surface area (TPSA) is 729 Å². The number of nitrogens with zero attached hydrogens (tertiary/aromatic N) is 9. The number of nitrogens with one attached hydrogen (secondary N) is 7. The van der Waals surface area contributed by atoms with Gasteiger partial charge in [0.25, 0.3) is 22.6 Å². The highest BCUT2D eigenvalue weighted by molar-refractivity contribution is 8.26. The predicted octanol–water partition coefficient (Wildman–Crippen LogP) is 15.2. The lowest BCUT2D eigenvalue weighted by atomic mass is 10.1. The zero-order chi connectivity index (χ0) is 110. The van der Waals surface area contributed by atoms with Crippen LogP contribution in [0.2, 0.25) is 20.1 Å². The summed E-state index contributed by atoms with van der Waals surface area (Å²) in [7, 11) is 8.36. The summed E-state index contributed by atoms with van der Waals surface area (Å²) >= 11 is 22.6. The van der Waals surface area contributed by atoms with Crippen LogP contribution >= 0.6 is 67.8 Å². The Morgan fingerprint density at radius 2 is 0.723 bits per heavy atom. The maximum absolute atomic E-state index is 13.8. The average Bonchev–Trinajstić information content (AvgIpc) is 0.795. The molecule has 17 rings (SSSR count). The summed E-state index contributed by atoms with van der Waals surface area (Å²) in [5.41, 5.74) is 25.5. The van der Waals surface area contributed by atoms with Gasteiger partial charge in [-0.2, -0.15) is 23.6 Å². The van der Waals surface area contributed by atoms with E-state index in [1.807, 2.05) is 0 Å². The number of fused-ring (bicyclic) bond motifs is 6. The maximum Gasteiger partial charge on any atom is 0.337 e. The Bertz CT molecular complexity index is 7470. The van der Waals surface area contributed by atoms with Crippen LogP contribution in [0.15, 0.2) is 222 Å². The van der Waals surface area contributed by atoms with Crippen LogP contribution in [0.4, 0.5) is 91.1 Å². The molecule has 0 atom stereocenters. The fourth-order valence-corrected chi connectivity index (χ4v) is 11.7. The number of carboxylic acid groups (broad SMARTS) is 2. The van der Waals surface area contributed by atoms with E-state index in [0.29, 0.717) is 101 Å². The molecule has 0 fully saturated rings. The van der Waals surface area contributed by atoms with E-state index in [2.05, 4.69) is 149 Å². The van der Waals surface area contributed by atoms with Crippen molar-refractivity contribution in [3.05, 3.63) is 328 Å². The van der Waals surface area contributed by atoms with Gasteiger partial charge in [0.05, 0.1) is 113 Å². The van der Waals surface area contributed by atoms with Crippen molar-refractivity contribution >= 4 is 212 Å². The van der Waals surface area contributed by atoms with Crippen molar-refractivity contribution < 1.29 is 125 Å². The SMILES string of the molecule is CC(=O)O.CC(C)O.CO.N=CN.NOOc1cc2c(=O)[nH]cnc2cc1F.NOOc1cc2c(=O)[nH]cnc2cc1F.NOOc1cc2c(Nc3ccc(F)c(Cl)c3)ncnc2cc1CO.NOOc1cc2c(Nc3ccc(F)c(Cl)c3)ncnc2cc1F.Nc1cc(F)ccc1C(=O)O.Nc1cc2c(Nc3ccc(F)c(Cl)c3)ncnc2cc1CO.Nc1ccc(F)c(Cl)c1.O=S(Cl)Cl.O=c1[nH]cnc2cc(F)ccc12.[HH]. The monoisotopic (exact) mass is 2210 g/mol. The number of hydrogen-bond acceptors (Lipinski definition) is 38. The average molecular weight is 2210 g/mol. The molecule has 0 aliphatic heterocycles. The minimum atomic E-state index is -1.67. The highest BCUT2D eigenvalue weighted by Crippen LogP contribution is 2.35. The van der Waals surface area contributed by atoms with Crippen LogP contribution in [0.1, 0.15) is 43.7 Å². The number of benzene rings is 11. The van der Waals surface area contributed by atoms with Gasteiger partial charge in [-0.3, -0.25) is 24.6 Å². The zero-order valence-corrected chi connectivity index (χ0v) is 81.2. The number of aromatic carboxylic acids is 1. The first-order chi connectivity index (χ1) is 70.4. The summed E-state index contributed by atoms with van der Waals surface area (Å²) in [5, 5.41) is 67.0. The molecule has 0 radical (unpaired) electrons. The van der Waals surface area contributed by atoms with Crippen LogP contribution in [-0.2, 0) is 47.2 Å². The van der Waals surface area contributed by atoms with Gasteiger partial charge in [-0.1, -0.05) is 66.4 Å². The lowest BCUT2D eigenvalue weighted by molar-refractivity contribution is -0.213. The van der Waals surface area contributed by atoms with Crippen molar-refractivity contribution in [2.24, 2.45) is 29.3 Å². The van der Waals surface area contributed by atoms with Gasteiger partial charge in [0.1, 0.15) is 71.3 Å². The Labute approximate surface area is 858 Å². The molecular formula is C88H83Cl6F9N24O20S. The van der Waals surface area contributed by atoms with Crippen molar-refractivity contribution in [2.75, 3.05) is 40.3 Å². The van der Waals surface area contributed by atoms with E-state index >= 15 is 0 Å². The number of halogens is 15. The van der Waals surface area contributed by atoms with Crippen LogP contribution in [0.5, 0.6) is 23.0 Å². The van der Waals surface area contributed by atoms with E-state index in [1.165, 1.54) is 129 Å². The number of aromatic nitrogens is 12. The predicted molar refractivity (Wildman–Crippen MR) is 537 cm³/mol. The van der Waals surface area contributed by atoms with E-state index in [-0.39, 0.29) is 108 Å². The second kappa shape index (κ2) is 62.7. The Kier molecular flexibility index (Phi) is 51.9. The smallest absolute Gasteiger partial charge is 0.337 e. The molecule has 148 heavy (non-hydrogen) atoms. The Morgan fingerprint density at radius 1 is 0.426 bits per heavy atom. The third-order valence-electron chi connectivity index (χ3n) is 17.0. The summed E-state index contributed by atoms with van der Waals surface area (Å²) in [6.45, 7) is 4.08. The number of rotatable bonds is 17. The molecule has 0 amide bonds. The number of nitrogens with two attached hydrogens (primary N) is 8. The van der Waals surface area contributed by atoms with Crippen molar-refractivity contribution in [3.63, 3.8) is 0 Å². The number of nitrogen functional groups attached to an aromatic ring is 3. The second-order valence-corrected chi connectivity index (χ2v) is 31.6. The summed E-state index contributed by atoms with van der Waals surface area (Å²) < 4.78 is 126. The lowest BCUT2D eigenvalue weighted by Crippen LogP contribution is -2.09. The van der Waals surface area contributed by atoms with Gasteiger partial charge < -0.3 is 104 Å². The molecular weight excluding hydrogens is 2130 g/mol. The van der Waals surface area contributed by atoms with Gasteiger partial charge in [0.2, 0.25) is 26.5 Å². The molecule has 11 aromatic carbocycles. The van der Waals surface area contributed by atoms with Crippen LogP contribution < -0.4 is 98.7 Å². The number of aliphatic hydroxyl groups excluding tert-OH is 4. The number of carboxylic acids is 2. The minimum absolute atomic E-state index is 0. The van der Waals surface area contributed by atoms with E-state index in [4.69, 9.17) is 115 Å². The fourth-order valence-electron chi connectivity index (χ4n) is 10.9. The van der Waals surface area contributed by atoms with Gasteiger partial charge in [-0.05, 0) is 141 Å². The lowest BCUT2D eigenvalue weighted by Gasteiger charge is -2.11. The Hall–Kier alpha value is -16.0. The molecule has 0 aliphatic rings. The van der Waals surface area contributed by atoms with E-state index in [0.717, 1.165) is 68.9 Å². The van der Waals surface area contributed by atoms with Crippen molar-refractivity contribution in [1.82, 2.24) is 59.8 Å². The zero-order valence-electron chi connectivity index (χ0n) is 75.8. The molecule has 0 spiro atoms. The molecule has 17 aromatic rings. The Morgan fingerprint density at radius 3 is 1.06 bits per heavy atom. The van der Waals surface area contributed by atoms with E-state index in [9.17, 15) is 68.9 Å². The van der Waals surface area contributed by atoms with Crippen molar-refractivity contribution in [2.45, 2.75) is 40.1 Å². The summed E-state index contributed by atoms with van der Waals surface area (Å²) in [6, 6.07) is 37.2. The number of carbonyl (C=O) groups is 2. The van der Waals surface area contributed by atoms with E-state index < -0.39 is 78.8 Å². The second-order valence-electron chi connectivity index (χ2n) is 27.4. The number of aromatic amines is 3. The molecule has 0 bridgehead atoms. The number of H-pyrrole nitrogens is 3. The molecule has 6 heterocycles. The largest absolute Gasteiger partial charge is 0.481 e. The normalized spacial score (nSPS) is 10.1. The van der Waals surface area contributed by atoms with Gasteiger partial charge in [-0.15, -0.1) is 0 Å². The number of hydrogen-bond donors (Lipinski definition) is 21. The number of anilines is 9. The molecule has 44 nitrogen and oxygen atoms in total. The van der Waals surface area contributed by atoms with Gasteiger partial charge in [-0.25, -0.2) is 93.4 Å². The van der Waals surface area contributed by atoms with Crippen LogP contribution in [0, 0.1) is 57.8 Å². The van der Waals surface area contributed by atoms with Crippen LogP contribution in [0.3, 0.4) is 0 Å². The standard InChI is InChI=1S/C15H12ClFN4O3.C15H12ClFN4O.C14H9ClF2N4O2.2C8H6FN3O3.C8H5FN2O.C7H6FNO2.C6H5ClFN.C3H8O.C2H4O2.CH4N2.CH4O.Cl2OS.H2/c16-11-4-9(1-2-12(11)17)21-15-10-5-14(23-24-18)8(6-22)3-13(10)19-7-20-15;16-11-4-9(1-2-12(11)17)21-15-10-5-13(18)8(6-22)3-14(10)19-7-20-15;15-9-3-7(1-2-10(9)16)21-14-8-4-13(22-23-18)11(17)5-12(8)19-6-20-14;2*9-5-2-6-4(1-7(5)14-15-10)8(13)12-3-11-6;9-5-1-2-6-7(3-5)10-4-11-8(6)12;8-4-1-2-5(7(10)11)6(9)3-4;7-5-3-4(9)1-2-6(5)8;1-3(2)4;1-2(3)4;2-1-3;1-2;1-4(2)3;/h1-5,7,22H,6,18H2,(H,19,20,21);1-5,7,22H,6,18H2,(H,19,20,21);1-6H,18H2,(H,19,20,21);2*1-3H,10H2,(H,11,12,13);1-4H,(H,10,11,12);1-3H,9H2,(H,10,11);1-3H,9H2;3-4H,1-2H3;1H3,(H,3,4);1H,(H3,2,3);2H,1H3;;1H. The van der Waals surface area contributed by atoms with Gasteiger partial charge in [0.15, 0.2) is 23.2 Å². The molecule has 0 aliphatic carbocycles. The molecule has 0 saturated carbocycles. The fraction of sp³-hybridized carbons (Fsp3) is 0.0795. The molecule has 29 N–H and O–H groups in total. The molecule has 6 aromatic heterocycles. The molecule has 0 unspecified atom stereocenters. The van der Waals surface area contributed by atoms with Gasteiger partial charge in [0, 0.05) is 147 Å². The number of aliphatic carboxylic acids is 1. The van der Waals surface area contributed by atoms with E-state index in [1.54, 1.807) is 44.2 Å². The Balaban J connectivity index is 0.000000351. The molecule has 0 saturated heterocycles. The first-order valence-electron chi connectivity index (χ1n) is 39.9. The van der Waals surface area contributed by atoms with Crippen molar-refractivity contribution in [1.29, 1.82) is 5.41 Å².